The van der Waals surface area contributed by atoms with E-state index in [9.17, 15) is 0 Å². The predicted octanol–water partition coefficient (Wildman–Crippen LogP) is 3.27. The Morgan fingerprint density at radius 1 is 1.24 bits per heavy atom. The van der Waals surface area contributed by atoms with Crippen molar-refractivity contribution in [3.63, 3.8) is 0 Å². The molecule has 2 heteroatoms. The topological polar surface area (TPSA) is 15.3 Å². The summed E-state index contributed by atoms with van der Waals surface area (Å²) < 4.78 is 0. The van der Waals surface area contributed by atoms with Gasteiger partial charge in [-0.2, -0.15) is 0 Å². The summed E-state index contributed by atoms with van der Waals surface area (Å²) in [6.45, 7) is 14.2. The quantitative estimate of drug-likeness (QED) is 0.766. The van der Waals surface area contributed by atoms with Crippen molar-refractivity contribution >= 4 is 0 Å². The summed E-state index contributed by atoms with van der Waals surface area (Å²) in [6.07, 6.45) is 5.17. The zero-order valence-electron chi connectivity index (χ0n) is 12.5. The smallest absolute Gasteiger partial charge is 0.0221 e. The maximum absolute atomic E-state index is 3.72. The number of piperazine rings is 1. The molecule has 1 fully saturated rings. The molecule has 1 N–H and O–H groups in total. The summed E-state index contributed by atoms with van der Waals surface area (Å²) >= 11 is 0. The minimum atomic E-state index is 0.717. The second kappa shape index (κ2) is 7.38. The van der Waals surface area contributed by atoms with Gasteiger partial charge in [-0.05, 0) is 25.7 Å². The largest absolute Gasteiger partial charge is 0.311 e. The van der Waals surface area contributed by atoms with E-state index in [-0.39, 0.29) is 0 Å². The molecule has 17 heavy (non-hydrogen) atoms. The third-order valence-corrected chi connectivity index (χ3v) is 4.64. The third-order valence-electron chi connectivity index (χ3n) is 4.64. The number of hydrogen-bond donors (Lipinski definition) is 1. The fraction of sp³-hybridized carbons (Fsp3) is 1.00. The first-order valence-corrected chi connectivity index (χ1v) is 7.63. The monoisotopic (exact) mass is 240 g/mol. The van der Waals surface area contributed by atoms with Crippen molar-refractivity contribution in [1.29, 1.82) is 0 Å². The van der Waals surface area contributed by atoms with Gasteiger partial charge in [0.25, 0.3) is 0 Å². The van der Waals surface area contributed by atoms with Crippen LogP contribution in [0.25, 0.3) is 0 Å². The van der Waals surface area contributed by atoms with Crippen molar-refractivity contribution in [2.24, 2.45) is 5.92 Å². The van der Waals surface area contributed by atoms with Crippen LogP contribution >= 0.6 is 0 Å². The summed E-state index contributed by atoms with van der Waals surface area (Å²) in [5, 5.41) is 3.72. The van der Waals surface area contributed by atoms with Crippen molar-refractivity contribution in [1.82, 2.24) is 10.2 Å². The summed E-state index contributed by atoms with van der Waals surface area (Å²) in [5.41, 5.74) is 0. The molecule has 0 saturated carbocycles. The van der Waals surface area contributed by atoms with Gasteiger partial charge in [0.2, 0.25) is 0 Å². The summed E-state index contributed by atoms with van der Waals surface area (Å²) in [6, 6.07) is 2.19. The number of rotatable bonds is 6. The number of nitrogens with one attached hydrogen (secondary N) is 1. The van der Waals surface area contributed by atoms with E-state index in [1.54, 1.807) is 0 Å². The lowest BCUT2D eigenvalue weighted by molar-refractivity contribution is 0.0583. The highest BCUT2D eigenvalue weighted by molar-refractivity contribution is 4.89. The second-order valence-electron chi connectivity index (χ2n) is 5.78. The molecule has 0 bridgehead atoms. The van der Waals surface area contributed by atoms with Gasteiger partial charge in [0, 0.05) is 31.2 Å². The average Bonchev–Trinajstić information content (AvgIpc) is 2.37. The van der Waals surface area contributed by atoms with Crippen LogP contribution in [0.2, 0.25) is 0 Å². The predicted molar refractivity (Wildman–Crippen MR) is 76.4 cm³/mol. The summed E-state index contributed by atoms with van der Waals surface area (Å²) in [7, 11) is 0. The third kappa shape index (κ3) is 3.96. The Morgan fingerprint density at radius 2 is 1.94 bits per heavy atom. The molecule has 0 aliphatic carbocycles. The van der Waals surface area contributed by atoms with Crippen molar-refractivity contribution in [3.05, 3.63) is 0 Å². The zero-order chi connectivity index (χ0) is 12.8. The molecule has 1 rings (SSSR count). The average molecular weight is 240 g/mol. The van der Waals surface area contributed by atoms with Gasteiger partial charge in [0.1, 0.15) is 0 Å². The first kappa shape index (κ1) is 15.0. The molecule has 4 unspecified atom stereocenters. The molecule has 1 saturated heterocycles. The molecule has 102 valence electrons. The molecule has 0 aromatic carbocycles. The number of nitrogens with zero attached hydrogens (tertiary/aromatic N) is 1. The highest BCUT2D eigenvalue weighted by Crippen LogP contribution is 2.22. The van der Waals surface area contributed by atoms with E-state index in [2.05, 4.69) is 44.8 Å². The van der Waals surface area contributed by atoms with Crippen molar-refractivity contribution in [2.45, 2.75) is 78.4 Å². The molecule has 0 spiro atoms. The van der Waals surface area contributed by atoms with Crippen LogP contribution in [0.3, 0.4) is 0 Å². The van der Waals surface area contributed by atoms with Crippen LogP contribution in [0, 0.1) is 5.92 Å². The highest BCUT2D eigenvalue weighted by Gasteiger charge is 2.31. The molecular formula is C15H32N2. The van der Waals surface area contributed by atoms with Crippen molar-refractivity contribution in [2.75, 3.05) is 13.1 Å². The minimum Gasteiger partial charge on any atom is -0.311 e. The van der Waals surface area contributed by atoms with Crippen molar-refractivity contribution in [3.8, 4) is 0 Å². The van der Waals surface area contributed by atoms with Crippen LogP contribution in [0.15, 0.2) is 0 Å². The van der Waals surface area contributed by atoms with E-state index in [1.807, 2.05) is 0 Å². The minimum absolute atomic E-state index is 0.717. The normalized spacial score (nSPS) is 30.2. The van der Waals surface area contributed by atoms with E-state index in [4.69, 9.17) is 0 Å². The SMILES string of the molecule is CCCC1CN(C(C)C(C)CC)C(CC)CN1. The first-order valence-electron chi connectivity index (χ1n) is 7.63. The molecule has 2 nitrogen and oxygen atoms in total. The van der Waals surface area contributed by atoms with Crippen LogP contribution in [0.1, 0.15) is 60.3 Å². The van der Waals surface area contributed by atoms with Gasteiger partial charge >= 0.3 is 0 Å². The standard InChI is InChI=1S/C15H32N2/c1-6-9-14-11-17(13(5)12(4)7-2)15(8-3)10-16-14/h12-16H,6-11H2,1-5H3. The maximum atomic E-state index is 3.72. The summed E-state index contributed by atoms with van der Waals surface area (Å²) in [5.74, 6) is 0.810. The molecule has 0 amide bonds. The second-order valence-corrected chi connectivity index (χ2v) is 5.78. The molecule has 0 aromatic rings. The lowest BCUT2D eigenvalue weighted by Gasteiger charge is -2.45. The Bertz CT molecular complexity index is 205. The molecule has 1 heterocycles. The molecular weight excluding hydrogens is 208 g/mol. The van der Waals surface area contributed by atoms with Gasteiger partial charge in [0.15, 0.2) is 0 Å². The van der Waals surface area contributed by atoms with E-state index < -0.39 is 0 Å². The van der Waals surface area contributed by atoms with Crippen LogP contribution in [0.4, 0.5) is 0 Å². The number of hydrogen-bond acceptors (Lipinski definition) is 2. The van der Waals surface area contributed by atoms with Crippen LogP contribution in [-0.4, -0.2) is 36.1 Å². The Kier molecular flexibility index (Phi) is 6.50. The Hall–Kier alpha value is -0.0800. The molecule has 1 aliphatic heterocycles. The van der Waals surface area contributed by atoms with Crippen LogP contribution in [0.5, 0.6) is 0 Å². The van der Waals surface area contributed by atoms with Gasteiger partial charge < -0.3 is 5.32 Å². The molecule has 4 atom stereocenters. The van der Waals surface area contributed by atoms with E-state index in [0.29, 0.717) is 6.04 Å². The lowest BCUT2D eigenvalue weighted by atomic mass is 9.94. The first-order chi connectivity index (χ1) is 8.13. The fourth-order valence-electron chi connectivity index (χ4n) is 2.98. The molecule has 0 radical (unpaired) electrons. The van der Waals surface area contributed by atoms with Gasteiger partial charge in [-0.3, -0.25) is 4.90 Å². The van der Waals surface area contributed by atoms with E-state index >= 15 is 0 Å². The van der Waals surface area contributed by atoms with Gasteiger partial charge in [0.05, 0.1) is 0 Å². The Balaban J connectivity index is 2.62. The lowest BCUT2D eigenvalue weighted by Crippen LogP contribution is -2.59. The Morgan fingerprint density at radius 3 is 2.47 bits per heavy atom. The molecule has 1 aliphatic rings. The molecule has 0 aromatic heterocycles. The summed E-state index contributed by atoms with van der Waals surface area (Å²) in [4.78, 5) is 2.77. The fourth-order valence-corrected chi connectivity index (χ4v) is 2.98. The van der Waals surface area contributed by atoms with Gasteiger partial charge in [-0.15, -0.1) is 0 Å². The van der Waals surface area contributed by atoms with Gasteiger partial charge in [-0.1, -0.05) is 40.5 Å². The van der Waals surface area contributed by atoms with Crippen molar-refractivity contribution < 1.29 is 0 Å². The van der Waals surface area contributed by atoms with E-state index in [0.717, 1.165) is 18.0 Å². The Labute approximate surface area is 108 Å². The van der Waals surface area contributed by atoms with Gasteiger partial charge in [-0.25, -0.2) is 0 Å². The van der Waals surface area contributed by atoms with E-state index in [1.165, 1.54) is 38.8 Å². The zero-order valence-corrected chi connectivity index (χ0v) is 12.5. The maximum Gasteiger partial charge on any atom is 0.0221 e. The highest BCUT2D eigenvalue weighted by atomic mass is 15.3. The van der Waals surface area contributed by atoms with Crippen LogP contribution < -0.4 is 5.32 Å². The van der Waals surface area contributed by atoms with Crippen LogP contribution in [-0.2, 0) is 0 Å².